The minimum Gasteiger partial charge on any atom is -0.461 e. The van der Waals surface area contributed by atoms with Crippen molar-refractivity contribution < 1.29 is 4.42 Å². The van der Waals surface area contributed by atoms with E-state index in [4.69, 9.17) is 10.2 Å². The molecule has 1 heterocycles. The van der Waals surface area contributed by atoms with Crippen molar-refractivity contribution in [2.24, 2.45) is 5.73 Å². The van der Waals surface area contributed by atoms with Crippen molar-refractivity contribution in [3.63, 3.8) is 0 Å². The number of aryl methyl sites for hydroxylation is 1. The van der Waals surface area contributed by atoms with Crippen LogP contribution in [0.3, 0.4) is 0 Å². The van der Waals surface area contributed by atoms with Gasteiger partial charge in [-0.15, -0.1) is 0 Å². The van der Waals surface area contributed by atoms with Gasteiger partial charge < -0.3 is 15.1 Å². The lowest BCUT2D eigenvalue weighted by molar-refractivity contribution is 0.304. The molecule has 0 saturated carbocycles. The first-order valence-corrected chi connectivity index (χ1v) is 5.49. The molecule has 3 nitrogen and oxygen atoms in total. The number of fused-ring (bicyclic) bond motifs is 1. The lowest BCUT2D eigenvalue weighted by atomic mass is 10.0. The summed E-state index contributed by atoms with van der Waals surface area (Å²) in [6.07, 6.45) is 0. The van der Waals surface area contributed by atoms with E-state index in [1.807, 2.05) is 39.2 Å². The predicted molar refractivity (Wildman–Crippen MR) is 66.4 cm³/mol. The first-order chi connectivity index (χ1) is 7.65. The van der Waals surface area contributed by atoms with Crippen molar-refractivity contribution in [1.29, 1.82) is 0 Å². The molecule has 2 aromatic rings. The van der Waals surface area contributed by atoms with Crippen molar-refractivity contribution in [2.45, 2.75) is 13.0 Å². The van der Waals surface area contributed by atoms with Gasteiger partial charge in [-0.25, -0.2) is 0 Å². The lowest BCUT2D eigenvalue weighted by Gasteiger charge is -2.22. The number of hydrogen-bond acceptors (Lipinski definition) is 3. The molecule has 0 spiro atoms. The molecule has 86 valence electrons. The highest BCUT2D eigenvalue weighted by molar-refractivity contribution is 5.82. The average molecular weight is 218 g/mol. The maximum absolute atomic E-state index is 5.84. The summed E-state index contributed by atoms with van der Waals surface area (Å²) in [6.45, 7) is 2.60. The summed E-state index contributed by atoms with van der Waals surface area (Å²) in [6, 6.07) is 8.32. The quantitative estimate of drug-likeness (QED) is 0.859. The summed E-state index contributed by atoms with van der Waals surface area (Å²) >= 11 is 0. The molecule has 0 saturated heterocycles. The van der Waals surface area contributed by atoms with Gasteiger partial charge in [0.2, 0.25) is 0 Å². The topological polar surface area (TPSA) is 42.4 Å². The number of nitrogens with two attached hydrogens (primary N) is 1. The Hall–Kier alpha value is -1.32. The monoisotopic (exact) mass is 218 g/mol. The smallest absolute Gasteiger partial charge is 0.134 e. The van der Waals surface area contributed by atoms with E-state index in [0.29, 0.717) is 6.54 Å². The molecule has 0 amide bonds. The van der Waals surface area contributed by atoms with Gasteiger partial charge in [0.05, 0.1) is 6.04 Å². The first kappa shape index (κ1) is 11.2. The summed E-state index contributed by atoms with van der Waals surface area (Å²) in [5, 5.41) is 1.17. The van der Waals surface area contributed by atoms with E-state index in [0.717, 1.165) is 11.3 Å². The molecule has 16 heavy (non-hydrogen) atoms. The number of hydrogen-bond donors (Lipinski definition) is 1. The molecule has 0 radical (unpaired) electrons. The molecule has 0 fully saturated rings. The van der Waals surface area contributed by atoms with Crippen molar-refractivity contribution in [3.05, 3.63) is 35.6 Å². The van der Waals surface area contributed by atoms with Crippen LogP contribution in [0.1, 0.15) is 17.4 Å². The molecule has 2 N–H and O–H groups in total. The Morgan fingerprint density at radius 2 is 2.00 bits per heavy atom. The molecular formula is C13H18N2O. The van der Waals surface area contributed by atoms with Crippen molar-refractivity contribution in [3.8, 4) is 0 Å². The highest BCUT2D eigenvalue weighted by atomic mass is 16.3. The molecule has 0 aliphatic heterocycles. The van der Waals surface area contributed by atoms with E-state index in [-0.39, 0.29) is 6.04 Å². The lowest BCUT2D eigenvalue weighted by Crippen LogP contribution is -2.27. The molecule has 1 unspecified atom stereocenters. The maximum atomic E-state index is 5.84. The number of nitrogens with zero attached hydrogens (tertiary/aromatic N) is 1. The normalized spacial score (nSPS) is 13.6. The summed E-state index contributed by atoms with van der Waals surface area (Å²) in [5.41, 5.74) is 7.99. The van der Waals surface area contributed by atoms with Crippen LogP contribution in [0.15, 0.2) is 28.7 Å². The first-order valence-electron chi connectivity index (χ1n) is 5.49. The second-order valence-electron chi connectivity index (χ2n) is 4.28. The largest absolute Gasteiger partial charge is 0.461 e. The molecule has 1 aromatic heterocycles. The van der Waals surface area contributed by atoms with Gasteiger partial charge >= 0.3 is 0 Å². The Bertz CT molecular complexity index is 488. The van der Waals surface area contributed by atoms with Crippen molar-refractivity contribution in [2.75, 3.05) is 20.6 Å². The summed E-state index contributed by atoms with van der Waals surface area (Å²) in [4.78, 5) is 2.13. The van der Waals surface area contributed by atoms with Crippen LogP contribution in [-0.2, 0) is 0 Å². The van der Waals surface area contributed by atoms with Crippen LogP contribution in [0.25, 0.3) is 11.0 Å². The predicted octanol–water partition coefficient (Wildman–Crippen LogP) is 2.30. The van der Waals surface area contributed by atoms with Crippen molar-refractivity contribution in [1.82, 2.24) is 4.90 Å². The Morgan fingerprint density at radius 1 is 1.31 bits per heavy atom. The molecule has 3 heteroatoms. The highest BCUT2D eigenvalue weighted by Gasteiger charge is 2.20. The zero-order valence-electron chi connectivity index (χ0n) is 10.0. The fourth-order valence-electron chi connectivity index (χ4n) is 2.19. The van der Waals surface area contributed by atoms with Crippen LogP contribution in [0.4, 0.5) is 0 Å². The van der Waals surface area contributed by atoms with Crippen LogP contribution in [0.2, 0.25) is 0 Å². The van der Waals surface area contributed by atoms with Crippen LogP contribution < -0.4 is 5.73 Å². The van der Waals surface area contributed by atoms with Gasteiger partial charge in [0.25, 0.3) is 0 Å². The third kappa shape index (κ3) is 1.72. The Kier molecular flexibility index (Phi) is 2.99. The maximum Gasteiger partial charge on any atom is 0.134 e. The van der Waals surface area contributed by atoms with Gasteiger partial charge in [-0.3, -0.25) is 0 Å². The van der Waals surface area contributed by atoms with Crippen LogP contribution in [0, 0.1) is 6.92 Å². The number of rotatable bonds is 3. The molecule has 0 aliphatic carbocycles. The molecule has 0 aliphatic rings. The third-order valence-corrected chi connectivity index (χ3v) is 3.00. The summed E-state index contributed by atoms with van der Waals surface area (Å²) in [5.74, 6) is 0.963. The molecule has 1 aromatic carbocycles. The van der Waals surface area contributed by atoms with E-state index in [1.54, 1.807) is 0 Å². The minimum atomic E-state index is 0.212. The Balaban J connectivity index is 2.62. The van der Waals surface area contributed by atoms with E-state index in [9.17, 15) is 0 Å². The van der Waals surface area contributed by atoms with Crippen LogP contribution in [0.5, 0.6) is 0 Å². The Labute approximate surface area is 95.8 Å². The fourth-order valence-corrected chi connectivity index (χ4v) is 2.19. The van der Waals surface area contributed by atoms with E-state index in [2.05, 4.69) is 11.0 Å². The third-order valence-electron chi connectivity index (χ3n) is 3.00. The molecule has 0 bridgehead atoms. The van der Waals surface area contributed by atoms with Crippen LogP contribution >= 0.6 is 0 Å². The number of furan rings is 1. The number of benzene rings is 1. The number of likely N-dealkylation sites (N-methyl/N-ethyl adjacent to an activating group) is 1. The summed E-state index contributed by atoms with van der Waals surface area (Å²) in [7, 11) is 4.08. The van der Waals surface area contributed by atoms with Gasteiger partial charge in [0, 0.05) is 17.5 Å². The van der Waals surface area contributed by atoms with Gasteiger partial charge in [-0.1, -0.05) is 18.2 Å². The molecule has 2 rings (SSSR count). The Morgan fingerprint density at radius 3 is 2.62 bits per heavy atom. The zero-order valence-corrected chi connectivity index (χ0v) is 10.0. The fraction of sp³-hybridized carbons (Fsp3) is 0.385. The minimum absolute atomic E-state index is 0.212. The van der Waals surface area contributed by atoms with E-state index in [1.165, 1.54) is 10.9 Å². The van der Waals surface area contributed by atoms with Gasteiger partial charge in [-0.05, 0) is 27.1 Å². The average Bonchev–Trinajstić information content (AvgIpc) is 2.57. The van der Waals surface area contributed by atoms with Gasteiger partial charge in [0.1, 0.15) is 11.3 Å². The second-order valence-corrected chi connectivity index (χ2v) is 4.28. The van der Waals surface area contributed by atoms with Gasteiger partial charge in [0.15, 0.2) is 0 Å². The SMILES string of the molecule is Cc1oc2ccccc2c1C(CN)N(C)C. The highest BCUT2D eigenvalue weighted by Crippen LogP contribution is 2.31. The van der Waals surface area contributed by atoms with Gasteiger partial charge in [-0.2, -0.15) is 0 Å². The molecule has 1 atom stereocenters. The molecular weight excluding hydrogens is 200 g/mol. The second kappa shape index (κ2) is 4.28. The van der Waals surface area contributed by atoms with E-state index >= 15 is 0 Å². The standard InChI is InChI=1S/C13H18N2O/c1-9-13(11(8-14)15(2)3)10-6-4-5-7-12(10)16-9/h4-7,11H,8,14H2,1-3H3. The van der Waals surface area contributed by atoms with Crippen LogP contribution in [-0.4, -0.2) is 25.5 Å². The van der Waals surface area contributed by atoms with Crippen molar-refractivity contribution >= 4 is 11.0 Å². The van der Waals surface area contributed by atoms with E-state index < -0.39 is 0 Å². The summed E-state index contributed by atoms with van der Waals surface area (Å²) < 4.78 is 5.75. The zero-order chi connectivity index (χ0) is 11.7. The number of para-hydroxylation sites is 1.